The molecule has 0 saturated heterocycles. The molecule has 0 fully saturated rings. The van der Waals surface area contributed by atoms with Crippen molar-refractivity contribution in [2.24, 2.45) is 12.8 Å². The van der Waals surface area contributed by atoms with Crippen LogP contribution in [0.5, 0.6) is 0 Å². The van der Waals surface area contributed by atoms with Gasteiger partial charge in [-0.05, 0) is 33.3 Å². The van der Waals surface area contributed by atoms with Crippen LogP contribution in [0.15, 0.2) is 4.79 Å². The fourth-order valence-electron chi connectivity index (χ4n) is 2.16. The SMILES string of the molecule is Cc1nc(-c2c(C)c(C)nn(C)c2=O)sc1C(=O)N[C@@H](C)CN. The normalized spacial score (nSPS) is 12.3. The van der Waals surface area contributed by atoms with Gasteiger partial charge < -0.3 is 11.1 Å². The maximum Gasteiger partial charge on any atom is 0.277 e. The zero-order valence-electron chi connectivity index (χ0n) is 13.9. The van der Waals surface area contributed by atoms with E-state index in [2.05, 4.69) is 15.4 Å². The number of rotatable bonds is 4. The fourth-order valence-corrected chi connectivity index (χ4v) is 3.23. The number of aryl methyl sites for hydroxylation is 3. The van der Waals surface area contributed by atoms with E-state index in [9.17, 15) is 9.59 Å². The largest absolute Gasteiger partial charge is 0.348 e. The van der Waals surface area contributed by atoms with Gasteiger partial charge in [-0.3, -0.25) is 9.59 Å². The number of aromatic nitrogens is 3. The Morgan fingerprint density at radius 1 is 1.35 bits per heavy atom. The van der Waals surface area contributed by atoms with Crippen molar-refractivity contribution in [2.75, 3.05) is 6.54 Å². The molecule has 3 N–H and O–H groups in total. The number of carbonyl (C=O) groups excluding carboxylic acids is 1. The highest BCUT2D eigenvalue weighted by atomic mass is 32.1. The van der Waals surface area contributed by atoms with E-state index in [-0.39, 0.29) is 17.5 Å². The molecule has 0 radical (unpaired) electrons. The molecule has 23 heavy (non-hydrogen) atoms. The number of hydrogen-bond acceptors (Lipinski definition) is 6. The van der Waals surface area contributed by atoms with Crippen molar-refractivity contribution in [3.8, 4) is 10.6 Å². The minimum absolute atomic E-state index is 0.120. The van der Waals surface area contributed by atoms with Gasteiger partial charge >= 0.3 is 0 Å². The summed E-state index contributed by atoms with van der Waals surface area (Å²) in [6.45, 7) is 7.64. The van der Waals surface area contributed by atoms with Crippen molar-refractivity contribution in [1.82, 2.24) is 20.1 Å². The molecule has 0 spiro atoms. The Balaban J connectivity index is 2.51. The van der Waals surface area contributed by atoms with Crippen molar-refractivity contribution >= 4 is 17.2 Å². The van der Waals surface area contributed by atoms with Gasteiger partial charge in [0.2, 0.25) is 0 Å². The van der Waals surface area contributed by atoms with E-state index in [1.54, 1.807) is 14.0 Å². The molecule has 0 saturated carbocycles. The summed E-state index contributed by atoms with van der Waals surface area (Å²) in [6, 6.07) is -0.120. The van der Waals surface area contributed by atoms with Crippen LogP contribution in [0.2, 0.25) is 0 Å². The van der Waals surface area contributed by atoms with Crippen LogP contribution in [0.25, 0.3) is 10.6 Å². The van der Waals surface area contributed by atoms with E-state index in [0.29, 0.717) is 27.7 Å². The molecule has 0 aliphatic carbocycles. The summed E-state index contributed by atoms with van der Waals surface area (Å²) < 4.78 is 1.30. The first-order valence-electron chi connectivity index (χ1n) is 7.29. The second kappa shape index (κ2) is 6.59. The van der Waals surface area contributed by atoms with Crippen LogP contribution < -0.4 is 16.6 Å². The summed E-state index contributed by atoms with van der Waals surface area (Å²) in [6.07, 6.45) is 0. The Morgan fingerprint density at radius 3 is 2.61 bits per heavy atom. The Morgan fingerprint density at radius 2 is 2.00 bits per heavy atom. The molecular formula is C15H21N5O2S. The molecule has 7 nitrogen and oxygen atoms in total. The molecule has 2 rings (SSSR count). The molecule has 0 aliphatic rings. The van der Waals surface area contributed by atoms with Gasteiger partial charge in [0.25, 0.3) is 11.5 Å². The van der Waals surface area contributed by atoms with Gasteiger partial charge in [-0.1, -0.05) is 0 Å². The third-order valence-corrected chi connectivity index (χ3v) is 4.85. The van der Waals surface area contributed by atoms with Crippen molar-refractivity contribution < 1.29 is 4.79 Å². The van der Waals surface area contributed by atoms with Crippen LogP contribution in [0, 0.1) is 20.8 Å². The molecule has 1 amide bonds. The number of nitrogens with one attached hydrogen (secondary N) is 1. The van der Waals surface area contributed by atoms with E-state index in [1.165, 1.54) is 16.0 Å². The van der Waals surface area contributed by atoms with Gasteiger partial charge in [0, 0.05) is 19.6 Å². The third kappa shape index (κ3) is 3.32. The first-order valence-corrected chi connectivity index (χ1v) is 8.11. The molecular weight excluding hydrogens is 314 g/mol. The number of nitrogens with two attached hydrogens (primary N) is 1. The second-order valence-corrected chi connectivity index (χ2v) is 6.56. The van der Waals surface area contributed by atoms with Gasteiger partial charge in [-0.15, -0.1) is 11.3 Å². The van der Waals surface area contributed by atoms with Crippen LogP contribution in [0.3, 0.4) is 0 Å². The minimum Gasteiger partial charge on any atom is -0.348 e. The summed E-state index contributed by atoms with van der Waals surface area (Å²) >= 11 is 1.21. The third-order valence-electron chi connectivity index (χ3n) is 3.67. The lowest BCUT2D eigenvalue weighted by Crippen LogP contribution is -2.37. The predicted molar refractivity (Wildman–Crippen MR) is 90.8 cm³/mol. The quantitative estimate of drug-likeness (QED) is 0.864. The second-order valence-electron chi connectivity index (χ2n) is 5.56. The van der Waals surface area contributed by atoms with Gasteiger partial charge in [0.1, 0.15) is 9.88 Å². The van der Waals surface area contributed by atoms with Gasteiger partial charge in [-0.2, -0.15) is 5.10 Å². The standard InChI is InChI=1S/C15H21N5O2S/c1-7(6-16)17-13(21)12-10(4)18-14(23-12)11-8(2)9(3)19-20(5)15(11)22/h7H,6,16H2,1-5H3,(H,17,21)/t7-/m0/s1. The summed E-state index contributed by atoms with van der Waals surface area (Å²) in [4.78, 5) is 29.6. The topological polar surface area (TPSA) is 103 Å². The molecule has 2 heterocycles. The average Bonchev–Trinajstić information content (AvgIpc) is 2.87. The highest BCUT2D eigenvalue weighted by Crippen LogP contribution is 2.28. The van der Waals surface area contributed by atoms with Gasteiger partial charge in [-0.25, -0.2) is 9.67 Å². The van der Waals surface area contributed by atoms with Crippen LogP contribution in [-0.4, -0.2) is 33.3 Å². The number of amides is 1. The van der Waals surface area contributed by atoms with E-state index in [1.807, 2.05) is 20.8 Å². The van der Waals surface area contributed by atoms with E-state index >= 15 is 0 Å². The van der Waals surface area contributed by atoms with Crippen molar-refractivity contribution in [3.05, 3.63) is 32.2 Å². The van der Waals surface area contributed by atoms with Gasteiger partial charge in [0.05, 0.1) is 17.0 Å². The smallest absolute Gasteiger partial charge is 0.277 e. The van der Waals surface area contributed by atoms with Crippen LogP contribution in [0.4, 0.5) is 0 Å². The van der Waals surface area contributed by atoms with Crippen LogP contribution in [-0.2, 0) is 7.05 Å². The number of nitrogens with zero attached hydrogens (tertiary/aromatic N) is 3. The molecule has 2 aromatic rings. The number of carbonyl (C=O) groups is 1. The average molecular weight is 335 g/mol. The van der Waals surface area contributed by atoms with E-state index in [0.717, 1.165) is 11.3 Å². The summed E-state index contributed by atoms with van der Waals surface area (Å²) in [5.41, 5.74) is 7.95. The number of thiazole rings is 1. The summed E-state index contributed by atoms with van der Waals surface area (Å²) in [5, 5.41) is 7.51. The van der Waals surface area contributed by atoms with Crippen LogP contribution >= 0.6 is 11.3 Å². The lowest BCUT2D eigenvalue weighted by atomic mass is 10.1. The van der Waals surface area contributed by atoms with Crippen molar-refractivity contribution in [3.63, 3.8) is 0 Å². The first kappa shape index (κ1) is 17.3. The highest BCUT2D eigenvalue weighted by Gasteiger charge is 2.21. The lowest BCUT2D eigenvalue weighted by molar-refractivity contribution is 0.0944. The monoisotopic (exact) mass is 335 g/mol. The highest BCUT2D eigenvalue weighted by molar-refractivity contribution is 7.17. The van der Waals surface area contributed by atoms with Gasteiger partial charge in [0.15, 0.2) is 0 Å². The maximum absolute atomic E-state index is 12.4. The number of hydrogen-bond donors (Lipinski definition) is 2. The fraction of sp³-hybridized carbons (Fsp3) is 0.467. The minimum atomic E-state index is -0.218. The molecule has 0 aromatic carbocycles. The first-order chi connectivity index (χ1) is 10.8. The predicted octanol–water partition coefficient (Wildman–Crippen LogP) is 0.906. The molecule has 0 bridgehead atoms. The van der Waals surface area contributed by atoms with E-state index in [4.69, 9.17) is 5.73 Å². The van der Waals surface area contributed by atoms with Crippen LogP contribution in [0.1, 0.15) is 33.5 Å². The zero-order valence-corrected chi connectivity index (χ0v) is 14.7. The zero-order chi connectivity index (χ0) is 17.3. The molecule has 124 valence electrons. The molecule has 0 unspecified atom stereocenters. The molecule has 0 aliphatic heterocycles. The van der Waals surface area contributed by atoms with Crippen molar-refractivity contribution in [2.45, 2.75) is 33.7 Å². The van der Waals surface area contributed by atoms with E-state index < -0.39 is 0 Å². The molecule has 8 heteroatoms. The molecule has 1 atom stereocenters. The Bertz CT molecular complexity index is 809. The lowest BCUT2D eigenvalue weighted by Gasteiger charge is -2.10. The summed E-state index contributed by atoms with van der Waals surface area (Å²) in [7, 11) is 1.61. The Hall–Kier alpha value is -2.06. The maximum atomic E-state index is 12.4. The van der Waals surface area contributed by atoms with Crippen molar-refractivity contribution in [1.29, 1.82) is 0 Å². The Labute approximate surface area is 138 Å². The molecule has 2 aromatic heterocycles. The Kier molecular flexibility index (Phi) is 4.96. The summed E-state index contributed by atoms with van der Waals surface area (Å²) in [5.74, 6) is -0.218.